The molecule has 2 rings (SSSR count). The first kappa shape index (κ1) is 15.4. The summed E-state index contributed by atoms with van der Waals surface area (Å²) in [6.45, 7) is 13.3. The highest BCUT2D eigenvalue weighted by molar-refractivity contribution is 5.59. The summed E-state index contributed by atoms with van der Waals surface area (Å²) >= 11 is 0. The highest BCUT2D eigenvalue weighted by Crippen LogP contribution is 2.39. The molecule has 0 nitrogen and oxygen atoms in total. The van der Waals surface area contributed by atoms with Crippen LogP contribution in [0, 0.1) is 19.8 Å². The number of hydrogen-bond acceptors (Lipinski definition) is 0. The predicted octanol–water partition coefficient (Wildman–Crippen LogP) is 6.19. The van der Waals surface area contributed by atoms with Gasteiger partial charge in [-0.2, -0.15) is 0 Å². The van der Waals surface area contributed by atoms with Gasteiger partial charge >= 0.3 is 0 Å². The van der Waals surface area contributed by atoms with Crippen LogP contribution in [0.15, 0.2) is 12.6 Å². The molecule has 0 aliphatic heterocycles. The third-order valence-electron chi connectivity index (χ3n) is 4.86. The maximum Gasteiger partial charge on any atom is -0.0156 e. The van der Waals surface area contributed by atoms with Crippen molar-refractivity contribution < 1.29 is 0 Å². The lowest BCUT2D eigenvalue weighted by molar-refractivity contribution is 0.438. The Bertz CT molecular complexity index is 473. The van der Waals surface area contributed by atoms with E-state index in [0.29, 0.717) is 0 Å². The van der Waals surface area contributed by atoms with Crippen LogP contribution < -0.4 is 0 Å². The first-order valence-corrected chi connectivity index (χ1v) is 8.30. The monoisotopic (exact) mass is 270 g/mol. The Labute approximate surface area is 125 Å². The molecule has 0 bridgehead atoms. The minimum Gasteiger partial charge on any atom is -0.0985 e. The van der Waals surface area contributed by atoms with E-state index >= 15 is 0 Å². The van der Waals surface area contributed by atoms with Gasteiger partial charge in [0.25, 0.3) is 0 Å². The van der Waals surface area contributed by atoms with Gasteiger partial charge in [-0.3, -0.25) is 0 Å². The molecule has 0 radical (unpaired) electrons. The third-order valence-corrected chi connectivity index (χ3v) is 4.86. The second-order valence-corrected chi connectivity index (χ2v) is 6.94. The molecule has 0 amide bonds. The van der Waals surface area contributed by atoms with E-state index in [-0.39, 0.29) is 0 Å². The minimum absolute atomic E-state index is 0.727. The molecular formula is C20H30. The van der Waals surface area contributed by atoms with Gasteiger partial charge in [0.05, 0.1) is 0 Å². The SMILES string of the molecule is C=Cc1cc(C)c(CC(C)C)c(C2CCCCC2)c1C. The molecule has 0 saturated heterocycles. The molecule has 1 fully saturated rings. The van der Waals surface area contributed by atoms with E-state index in [0.717, 1.165) is 11.8 Å². The third kappa shape index (κ3) is 3.16. The molecule has 0 N–H and O–H groups in total. The van der Waals surface area contributed by atoms with Gasteiger partial charge in [0.15, 0.2) is 0 Å². The first-order valence-electron chi connectivity index (χ1n) is 8.30. The maximum absolute atomic E-state index is 4.01. The van der Waals surface area contributed by atoms with Gasteiger partial charge in [-0.1, -0.05) is 51.8 Å². The summed E-state index contributed by atoms with van der Waals surface area (Å²) in [5.74, 6) is 1.51. The van der Waals surface area contributed by atoms with Crippen LogP contribution >= 0.6 is 0 Å². The van der Waals surface area contributed by atoms with Gasteiger partial charge < -0.3 is 0 Å². The largest absolute Gasteiger partial charge is 0.0985 e. The van der Waals surface area contributed by atoms with E-state index in [1.54, 1.807) is 11.1 Å². The van der Waals surface area contributed by atoms with Crippen LogP contribution in [0.5, 0.6) is 0 Å². The van der Waals surface area contributed by atoms with Gasteiger partial charge in [-0.15, -0.1) is 0 Å². The van der Waals surface area contributed by atoms with E-state index in [1.807, 2.05) is 6.08 Å². The van der Waals surface area contributed by atoms with Gasteiger partial charge in [0, 0.05) is 0 Å². The second-order valence-electron chi connectivity index (χ2n) is 6.94. The molecule has 0 aromatic heterocycles. The van der Waals surface area contributed by atoms with Crippen molar-refractivity contribution in [3.05, 3.63) is 40.5 Å². The van der Waals surface area contributed by atoms with Crippen molar-refractivity contribution in [3.63, 3.8) is 0 Å². The van der Waals surface area contributed by atoms with E-state index in [2.05, 4.69) is 40.3 Å². The number of hydrogen-bond donors (Lipinski definition) is 0. The normalized spacial score (nSPS) is 16.6. The summed E-state index contributed by atoms with van der Waals surface area (Å²) in [4.78, 5) is 0. The molecule has 0 heterocycles. The zero-order valence-corrected chi connectivity index (χ0v) is 13.8. The molecular weight excluding hydrogens is 240 g/mol. The Hall–Kier alpha value is -1.04. The highest BCUT2D eigenvalue weighted by atomic mass is 14.3. The van der Waals surface area contributed by atoms with E-state index in [1.165, 1.54) is 55.2 Å². The Morgan fingerprint density at radius 1 is 1.20 bits per heavy atom. The number of aryl methyl sites for hydroxylation is 1. The van der Waals surface area contributed by atoms with Gasteiger partial charge in [-0.25, -0.2) is 0 Å². The van der Waals surface area contributed by atoms with E-state index in [4.69, 9.17) is 0 Å². The molecule has 1 aromatic rings. The summed E-state index contributed by atoms with van der Waals surface area (Å²) in [7, 11) is 0. The zero-order valence-electron chi connectivity index (χ0n) is 13.8. The fraction of sp³-hybridized carbons (Fsp3) is 0.600. The fourth-order valence-electron chi connectivity index (χ4n) is 3.86. The maximum atomic E-state index is 4.01. The zero-order chi connectivity index (χ0) is 14.7. The topological polar surface area (TPSA) is 0 Å². The molecule has 1 aromatic carbocycles. The Kier molecular flexibility index (Phi) is 5.07. The van der Waals surface area contributed by atoms with Crippen molar-refractivity contribution in [1.82, 2.24) is 0 Å². The second kappa shape index (κ2) is 6.61. The lowest BCUT2D eigenvalue weighted by Gasteiger charge is -2.29. The summed E-state index contributed by atoms with van der Waals surface area (Å²) in [5.41, 5.74) is 7.62. The summed E-state index contributed by atoms with van der Waals surface area (Å²) in [6, 6.07) is 2.34. The fourth-order valence-corrected chi connectivity index (χ4v) is 3.86. The number of benzene rings is 1. The average Bonchev–Trinajstić information content (AvgIpc) is 2.43. The predicted molar refractivity (Wildman–Crippen MR) is 90.4 cm³/mol. The Balaban J connectivity index is 2.53. The molecule has 1 aliphatic carbocycles. The molecule has 0 atom stereocenters. The van der Waals surface area contributed by atoms with Crippen LogP contribution in [-0.4, -0.2) is 0 Å². The number of rotatable bonds is 4. The standard InChI is InChI=1S/C20H30/c1-6-17-13-15(4)19(12-14(2)3)20(16(17)5)18-10-8-7-9-11-18/h6,13-14,18H,1,7-12H2,2-5H3. The molecule has 20 heavy (non-hydrogen) atoms. The first-order chi connectivity index (χ1) is 9.54. The van der Waals surface area contributed by atoms with Crippen LogP contribution in [0.2, 0.25) is 0 Å². The molecule has 0 unspecified atom stereocenters. The smallest absolute Gasteiger partial charge is 0.0156 e. The van der Waals surface area contributed by atoms with Gasteiger partial charge in [0.1, 0.15) is 0 Å². The quantitative estimate of drug-likeness (QED) is 0.611. The Morgan fingerprint density at radius 2 is 1.85 bits per heavy atom. The molecule has 1 aliphatic rings. The molecule has 1 saturated carbocycles. The van der Waals surface area contributed by atoms with Crippen molar-refractivity contribution in [2.45, 2.75) is 72.1 Å². The summed E-state index contributed by atoms with van der Waals surface area (Å²) in [6.07, 6.45) is 10.3. The molecule has 110 valence electrons. The van der Waals surface area contributed by atoms with E-state index in [9.17, 15) is 0 Å². The van der Waals surface area contributed by atoms with E-state index < -0.39 is 0 Å². The van der Waals surface area contributed by atoms with Crippen molar-refractivity contribution in [3.8, 4) is 0 Å². The minimum atomic E-state index is 0.727. The summed E-state index contributed by atoms with van der Waals surface area (Å²) < 4.78 is 0. The van der Waals surface area contributed by atoms with Crippen molar-refractivity contribution in [2.75, 3.05) is 0 Å². The van der Waals surface area contributed by atoms with Crippen molar-refractivity contribution >= 4 is 6.08 Å². The Morgan fingerprint density at radius 3 is 2.40 bits per heavy atom. The molecule has 0 spiro atoms. The van der Waals surface area contributed by atoms with Gasteiger partial charge in [-0.05, 0) is 72.8 Å². The lowest BCUT2D eigenvalue weighted by Crippen LogP contribution is -2.13. The van der Waals surface area contributed by atoms with Crippen LogP contribution in [0.3, 0.4) is 0 Å². The lowest BCUT2D eigenvalue weighted by atomic mass is 9.76. The van der Waals surface area contributed by atoms with Crippen LogP contribution in [0.25, 0.3) is 6.08 Å². The van der Waals surface area contributed by atoms with Crippen molar-refractivity contribution in [1.29, 1.82) is 0 Å². The molecule has 0 heteroatoms. The van der Waals surface area contributed by atoms with Gasteiger partial charge in [0.2, 0.25) is 0 Å². The highest BCUT2D eigenvalue weighted by Gasteiger charge is 2.23. The average molecular weight is 270 g/mol. The van der Waals surface area contributed by atoms with Crippen molar-refractivity contribution in [2.24, 2.45) is 5.92 Å². The van der Waals surface area contributed by atoms with Crippen LogP contribution in [-0.2, 0) is 6.42 Å². The van der Waals surface area contributed by atoms with Crippen LogP contribution in [0.1, 0.15) is 79.7 Å². The summed E-state index contributed by atoms with van der Waals surface area (Å²) in [5, 5.41) is 0. The van der Waals surface area contributed by atoms with Crippen LogP contribution in [0.4, 0.5) is 0 Å².